The second-order valence-corrected chi connectivity index (χ2v) is 6.59. The predicted octanol–water partition coefficient (Wildman–Crippen LogP) is 2.20. The van der Waals surface area contributed by atoms with Crippen LogP contribution in [0.25, 0.3) is 0 Å². The maximum atomic E-state index is 12.7. The third kappa shape index (κ3) is 4.17. The van der Waals surface area contributed by atoms with E-state index in [0.717, 1.165) is 11.4 Å². The maximum Gasteiger partial charge on any atom is 0.233 e. The first-order chi connectivity index (χ1) is 12.0. The van der Waals surface area contributed by atoms with Crippen LogP contribution in [0.15, 0.2) is 54.6 Å². The van der Waals surface area contributed by atoms with Gasteiger partial charge in [-0.2, -0.15) is 0 Å². The first-order valence-electron chi connectivity index (χ1n) is 8.53. The largest absolute Gasteiger partial charge is 0.368 e. The summed E-state index contributed by atoms with van der Waals surface area (Å²) in [6, 6.07) is 17.6. The van der Waals surface area contributed by atoms with Gasteiger partial charge in [0, 0.05) is 11.4 Å². The van der Waals surface area contributed by atoms with Crippen LogP contribution in [-0.2, 0) is 4.79 Å². The molecule has 0 bridgehead atoms. The molecule has 0 radical (unpaired) electrons. The van der Waals surface area contributed by atoms with Crippen LogP contribution < -0.4 is 27.2 Å². The molecule has 0 aromatic heterocycles. The number of rotatable bonds is 5. The molecule has 6 heteroatoms. The number of nitrogens with one attached hydrogen (secondary N) is 4. The highest BCUT2D eigenvalue weighted by molar-refractivity contribution is 5.94. The fourth-order valence-corrected chi connectivity index (χ4v) is 2.90. The molecule has 6 N–H and O–H groups in total. The number of hydrogen-bond donors (Lipinski definition) is 5. The normalized spacial score (nSPS) is 22.8. The summed E-state index contributed by atoms with van der Waals surface area (Å²) in [6.45, 7) is 4.28. The molecule has 3 atom stereocenters. The van der Waals surface area contributed by atoms with Crippen LogP contribution >= 0.6 is 0 Å². The van der Waals surface area contributed by atoms with Crippen LogP contribution in [0.5, 0.6) is 0 Å². The van der Waals surface area contributed by atoms with Gasteiger partial charge >= 0.3 is 0 Å². The second kappa shape index (κ2) is 7.65. The van der Waals surface area contributed by atoms with Gasteiger partial charge in [-0.05, 0) is 35.7 Å². The average Bonchev–Trinajstić information content (AvgIpc) is 2.96. The Morgan fingerprint density at radius 2 is 1.68 bits per heavy atom. The SMILES string of the molecule is CC(C)c1ccc(NC(=O)C2C(N)NNC2Nc2ccccc2)cc1. The number of carbonyl (C=O) groups is 1. The molecule has 2 aromatic rings. The van der Waals surface area contributed by atoms with Crippen LogP contribution in [0.1, 0.15) is 25.3 Å². The molecule has 1 aliphatic heterocycles. The highest BCUT2D eigenvalue weighted by atomic mass is 16.2. The van der Waals surface area contributed by atoms with E-state index < -0.39 is 12.1 Å². The third-order valence-corrected chi connectivity index (χ3v) is 4.40. The Hall–Kier alpha value is -2.41. The number of nitrogens with two attached hydrogens (primary N) is 1. The fourth-order valence-electron chi connectivity index (χ4n) is 2.90. The quantitative estimate of drug-likeness (QED) is 0.576. The molecular weight excluding hydrogens is 314 g/mol. The van der Waals surface area contributed by atoms with Crippen LogP contribution in [0.2, 0.25) is 0 Å². The Morgan fingerprint density at radius 1 is 1.00 bits per heavy atom. The van der Waals surface area contributed by atoms with Gasteiger partial charge in [0.05, 0.1) is 6.17 Å². The molecule has 1 amide bonds. The zero-order chi connectivity index (χ0) is 17.8. The van der Waals surface area contributed by atoms with Crippen molar-refractivity contribution in [2.75, 3.05) is 10.6 Å². The van der Waals surface area contributed by atoms with E-state index in [0.29, 0.717) is 5.92 Å². The zero-order valence-electron chi connectivity index (χ0n) is 14.5. The summed E-state index contributed by atoms with van der Waals surface area (Å²) >= 11 is 0. The monoisotopic (exact) mass is 339 g/mol. The summed E-state index contributed by atoms with van der Waals surface area (Å²) in [6.07, 6.45) is -0.775. The molecule has 1 fully saturated rings. The topological polar surface area (TPSA) is 91.2 Å². The van der Waals surface area contributed by atoms with Crippen molar-refractivity contribution >= 4 is 17.3 Å². The Labute approximate surface area is 148 Å². The lowest BCUT2D eigenvalue weighted by Gasteiger charge is -2.22. The smallest absolute Gasteiger partial charge is 0.233 e. The van der Waals surface area contributed by atoms with Crippen molar-refractivity contribution in [3.63, 3.8) is 0 Å². The van der Waals surface area contributed by atoms with E-state index in [1.165, 1.54) is 5.56 Å². The van der Waals surface area contributed by atoms with E-state index >= 15 is 0 Å². The molecule has 6 nitrogen and oxygen atoms in total. The molecule has 1 aliphatic rings. The molecule has 3 unspecified atom stereocenters. The lowest BCUT2D eigenvalue weighted by Crippen LogP contribution is -2.45. The summed E-state index contributed by atoms with van der Waals surface area (Å²) in [5.41, 5.74) is 15.0. The molecule has 0 saturated carbocycles. The Balaban J connectivity index is 1.68. The van der Waals surface area contributed by atoms with Crippen molar-refractivity contribution in [1.29, 1.82) is 0 Å². The minimum absolute atomic E-state index is 0.129. The van der Waals surface area contributed by atoms with E-state index in [4.69, 9.17) is 5.73 Å². The van der Waals surface area contributed by atoms with Crippen molar-refractivity contribution in [3.8, 4) is 0 Å². The zero-order valence-corrected chi connectivity index (χ0v) is 14.5. The van der Waals surface area contributed by atoms with Gasteiger partial charge in [-0.3, -0.25) is 4.79 Å². The summed E-state index contributed by atoms with van der Waals surface area (Å²) < 4.78 is 0. The van der Waals surface area contributed by atoms with Gasteiger partial charge in [0.15, 0.2) is 0 Å². The molecule has 1 heterocycles. The number of anilines is 2. The van der Waals surface area contributed by atoms with Gasteiger partial charge in [0.25, 0.3) is 0 Å². The lowest BCUT2D eigenvalue weighted by molar-refractivity contribution is -0.120. The Bertz CT molecular complexity index is 702. The maximum absolute atomic E-state index is 12.7. The van der Waals surface area contributed by atoms with Gasteiger partial charge in [-0.1, -0.05) is 44.2 Å². The van der Waals surface area contributed by atoms with Gasteiger partial charge in [0.2, 0.25) is 5.91 Å². The van der Waals surface area contributed by atoms with Crippen molar-refractivity contribution in [2.45, 2.75) is 32.1 Å². The molecule has 2 aromatic carbocycles. The van der Waals surface area contributed by atoms with Gasteiger partial charge in [0.1, 0.15) is 12.1 Å². The van der Waals surface area contributed by atoms with Crippen molar-refractivity contribution < 1.29 is 4.79 Å². The summed E-state index contributed by atoms with van der Waals surface area (Å²) in [4.78, 5) is 12.7. The van der Waals surface area contributed by atoms with E-state index in [9.17, 15) is 4.79 Å². The van der Waals surface area contributed by atoms with Gasteiger partial charge < -0.3 is 16.4 Å². The molecule has 1 saturated heterocycles. The van der Waals surface area contributed by atoms with Crippen LogP contribution in [0.3, 0.4) is 0 Å². The first-order valence-corrected chi connectivity index (χ1v) is 8.53. The minimum atomic E-state index is -0.476. The molecule has 25 heavy (non-hydrogen) atoms. The number of benzene rings is 2. The van der Waals surface area contributed by atoms with E-state index in [1.807, 2.05) is 54.6 Å². The summed E-state index contributed by atoms with van der Waals surface area (Å²) in [5.74, 6) is -0.124. The van der Waals surface area contributed by atoms with Crippen LogP contribution in [-0.4, -0.2) is 18.2 Å². The Morgan fingerprint density at radius 3 is 2.32 bits per heavy atom. The fraction of sp³-hybridized carbons (Fsp3) is 0.316. The molecule has 0 spiro atoms. The molecule has 0 aliphatic carbocycles. The van der Waals surface area contributed by atoms with E-state index in [2.05, 4.69) is 35.3 Å². The summed E-state index contributed by atoms with van der Waals surface area (Å²) in [5, 5.41) is 6.25. The number of para-hydroxylation sites is 1. The van der Waals surface area contributed by atoms with Gasteiger partial charge in [-0.25, -0.2) is 10.9 Å². The number of hydrogen-bond acceptors (Lipinski definition) is 5. The van der Waals surface area contributed by atoms with E-state index in [-0.39, 0.29) is 12.1 Å². The van der Waals surface area contributed by atoms with Crippen molar-refractivity contribution in [1.82, 2.24) is 10.9 Å². The number of hydrazine groups is 1. The first kappa shape index (κ1) is 17.4. The molecule has 3 rings (SSSR count). The average molecular weight is 339 g/mol. The van der Waals surface area contributed by atoms with Gasteiger partial charge in [-0.15, -0.1) is 0 Å². The highest BCUT2D eigenvalue weighted by Gasteiger charge is 2.39. The van der Waals surface area contributed by atoms with Crippen LogP contribution in [0.4, 0.5) is 11.4 Å². The second-order valence-electron chi connectivity index (χ2n) is 6.59. The van der Waals surface area contributed by atoms with E-state index in [1.54, 1.807) is 0 Å². The predicted molar refractivity (Wildman–Crippen MR) is 101 cm³/mol. The lowest BCUT2D eigenvalue weighted by atomic mass is 10.0. The highest BCUT2D eigenvalue weighted by Crippen LogP contribution is 2.20. The van der Waals surface area contributed by atoms with Crippen molar-refractivity contribution in [3.05, 3.63) is 60.2 Å². The number of carbonyl (C=O) groups excluding carboxylic acids is 1. The Kier molecular flexibility index (Phi) is 5.33. The standard InChI is InChI=1S/C19H25N5O/c1-12(2)13-8-10-15(11-9-13)22-19(25)16-17(20)23-24-18(16)21-14-6-4-3-5-7-14/h3-12,16-18,21,23-24H,20H2,1-2H3,(H,22,25). The third-order valence-electron chi connectivity index (χ3n) is 4.40. The molecular formula is C19H25N5O. The van der Waals surface area contributed by atoms with Crippen molar-refractivity contribution in [2.24, 2.45) is 11.7 Å². The number of amides is 1. The van der Waals surface area contributed by atoms with Crippen LogP contribution in [0, 0.1) is 5.92 Å². The summed E-state index contributed by atoms with van der Waals surface area (Å²) in [7, 11) is 0. The minimum Gasteiger partial charge on any atom is -0.368 e. The molecule has 132 valence electrons.